The maximum absolute atomic E-state index is 12.5. The zero-order valence-corrected chi connectivity index (χ0v) is 15.3. The first-order chi connectivity index (χ1) is 12.2. The maximum atomic E-state index is 12.5. The van der Waals surface area contributed by atoms with Gasteiger partial charge in [-0.1, -0.05) is 48.9 Å². The molecule has 1 fully saturated rings. The van der Waals surface area contributed by atoms with Gasteiger partial charge in [0.2, 0.25) is 0 Å². The Hall–Kier alpha value is -2.13. The van der Waals surface area contributed by atoms with Gasteiger partial charge in [0.15, 0.2) is 0 Å². The van der Waals surface area contributed by atoms with Crippen LogP contribution in [0.4, 0.5) is 0 Å². The first-order valence-corrected chi connectivity index (χ1v) is 9.35. The lowest BCUT2D eigenvalue weighted by Crippen LogP contribution is -2.36. The summed E-state index contributed by atoms with van der Waals surface area (Å²) in [6, 6.07) is 16.9. The maximum Gasteiger partial charge on any atom is 0.251 e. The number of hydrogen-bond acceptors (Lipinski definition) is 2. The topological polar surface area (TPSA) is 32.3 Å². The van der Waals surface area contributed by atoms with E-state index in [1.54, 1.807) is 0 Å². The molecule has 2 aromatic rings. The van der Waals surface area contributed by atoms with Crippen molar-refractivity contribution in [1.82, 2.24) is 10.2 Å². The van der Waals surface area contributed by atoms with Gasteiger partial charge < -0.3 is 5.32 Å². The van der Waals surface area contributed by atoms with Crippen LogP contribution in [0.1, 0.15) is 52.9 Å². The molecule has 1 heterocycles. The average Bonchev–Trinajstić information content (AvgIpc) is 3.16. The fourth-order valence-corrected chi connectivity index (χ4v) is 3.56. The smallest absolute Gasteiger partial charge is 0.251 e. The SMILES string of the molecule is CCc1ccc(C(CNC(=O)c2cccc(C)c2)N2CCCC2)cc1. The number of carbonyl (C=O) groups is 1. The number of nitrogens with one attached hydrogen (secondary N) is 1. The lowest BCUT2D eigenvalue weighted by molar-refractivity contribution is 0.0938. The van der Waals surface area contributed by atoms with Gasteiger partial charge in [-0.15, -0.1) is 0 Å². The second-order valence-electron chi connectivity index (χ2n) is 6.93. The van der Waals surface area contributed by atoms with Crippen LogP contribution in [0.25, 0.3) is 0 Å². The molecule has 0 bridgehead atoms. The fourth-order valence-electron chi connectivity index (χ4n) is 3.56. The Morgan fingerprint density at radius 1 is 1.12 bits per heavy atom. The molecule has 132 valence electrons. The van der Waals surface area contributed by atoms with Gasteiger partial charge >= 0.3 is 0 Å². The lowest BCUT2D eigenvalue weighted by atomic mass is 10.0. The zero-order valence-electron chi connectivity index (χ0n) is 15.3. The molecule has 1 N–H and O–H groups in total. The van der Waals surface area contributed by atoms with Crippen LogP contribution < -0.4 is 5.32 Å². The molecule has 3 rings (SSSR count). The number of aryl methyl sites for hydroxylation is 2. The molecule has 0 saturated carbocycles. The zero-order chi connectivity index (χ0) is 17.6. The van der Waals surface area contributed by atoms with Crippen molar-refractivity contribution in [3.63, 3.8) is 0 Å². The molecule has 1 amide bonds. The van der Waals surface area contributed by atoms with E-state index in [2.05, 4.69) is 41.4 Å². The highest BCUT2D eigenvalue weighted by Crippen LogP contribution is 2.25. The molecule has 0 aliphatic carbocycles. The Balaban J connectivity index is 1.72. The van der Waals surface area contributed by atoms with Gasteiger partial charge in [0.05, 0.1) is 6.04 Å². The summed E-state index contributed by atoms with van der Waals surface area (Å²) in [7, 11) is 0. The number of carbonyl (C=O) groups excluding carboxylic acids is 1. The lowest BCUT2D eigenvalue weighted by Gasteiger charge is -2.28. The fraction of sp³-hybridized carbons (Fsp3) is 0.409. The molecule has 3 nitrogen and oxygen atoms in total. The van der Waals surface area contributed by atoms with Crippen molar-refractivity contribution >= 4 is 5.91 Å². The second kappa shape index (κ2) is 8.30. The molecule has 0 spiro atoms. The highest BCUT2D eigenvalue weighted by Gasteiger charge is 2.24. The predicted molar refractivity (Wildman–Crippen MR) is 103 cm³/mol. The van der Waals surface area contributed by atoms with Crippen LogP contribution >= 0.6 is 0 Å². The molecular weight excluding hydrogens is 308 g/mol. The van der Waals surface area contributed by atoms with E-state index in [0.29, 0.717) is 6.54 Å². The van der Waals surface area contributed by atoms with Crippen LogP contribution in [0, 0.1) is 6.92 Å². The Morgan fingerprint density at radius 2 is 1.84 bits per heavy atom. The molecule has 0 aromatic heterocycles. The summed E-state index contributed by atoms with van der Waals surface area (Å²) in [5.74, 6) is 0.0121. The van der Waals surface area contributed by atoms with Gasteiger partial charge in [-0.25, -0.2) is 0 Å². The molecule has 1 atom stereocenters. The van der Waals surface area contributed by atoms with E-state index in [1.807, 2.05) is 31.2 Å². The number of likely N-dealkylation sites (tertiary alicyclic amines) is 1. The first kappa shape index (κ1) is 17.7. The normalized spacial score (nSPS) is 15.9. The minimum Gasteiger partial charge on any atom is -0.350 e. The quantitative estimate of drug-likeness (QED) is 0.860. The van der Waals surface area contributed by atoms with Gasteiger partial charge in [0, 0.05) is 12.1 Å². The van der Waals surface area contributed by atoms with E-state index in [-0.39, 0.29) is 11.9 Å². The third-order valence-corrected chi connectivity index (χ3v) is 5.09. The number of rotatable bonds is 6. The van der Waals surface area contributed by atoms with E-state index in [0.717, 1.165) is 30.6 Å². The molecule has 0 radical (unpaired) electrons. The van der Waals surface area contributed by atoms with Gasteiger partial charge in [-0.2, -0.15) is 0 Å². The third-order valence-electron chi connectivity index (χ3n) is 5.09. The van der Waals surface area contributed by atoms with Gasteiger partial charge in [0.1, 0.15) is 0 Å². The summed E-state index contributed by atoms with van der Waals surface area (Å²) in [4.78, 5) is 15.0. The summed E-state index contributed by atoms with van der Waals surface area (Å²) in [6.45, 7) is 7.06. The molecule has 1 saturated heterocycles. The Labute approximate surface area is 151 Å². The number of benzene rings is 2. The number of amides is 1. The van der Waals surface area contributed by atoms with Gasteiger partial charge in [-0.3, -0.25) is 9.69 Å². The van der Waals surface area contributed by atoms with Crippen molar-refractivity contribution in [1.29, 1.82) is 0 Å². The summed E-state index contributed by atoms with van der Waals surface area (Å²) >= 11 is 0. The van der Waals surface area contributed by atoms with Gasteiger partial charge in [-0.05, 0) is 62.5 Å². The molecule has 1 unspecified atom stereocenters. The van der Waals surface area contributed by atoms with Crippen LogP contribution in [0.5, 0.6) is 0 Å². The highest BCUT2D eigenvalue weighted by atomic mass is 16.1. The number of nitrogens with zero attached hydrogens (tertiary/aromatic N) is 1. The van der Waals surface area contributed by atoms with E-state index in [9.17, 15) is 4.79 Å². The van der Waals surface area contributed by atoms with E-state index >= 15 is 0 Å². The molecular formula is C22H28N2O. The monoisotopic (exact) mass is 336 g/mol. The van der Waals surface area contributed by atoms with Crippen molar-refractivity contribution in [2.75, 3.05) is 19.6 Å². The van der Waals surface area contributed by atoms with Crippen molar-refractivity contribution in [2.24, 2.45) is 0 Å². The average molecular weight is 336 g/mol. The van der Waals surface area contributed by atoms with E-state index in [4.69, 9.17) is 0 Å². The minimum atomic E-state index is 0.0121. The summed E-state index contributed by atoms with van der Waals surface area (Å²) in [5.41, 5.74) is 4.50. The number of hydrogen-bond donors (Lipinski definition) is 1. The van der Waals surface area contributed by atoms with E-state index in [1.165, 1.54) is 24.0 Å². The summed E-state index contributed by atoms with van der Waals surface area (Å²) in [6.07, 6.45) is 3.55. The van der Waals surface area contributed by atoms with Crippen molar-refractivity contribution in [2.45, 2.75) is 39.2 Å². The minimum absolute atomic E-state index is 0.0121. The Bertz CT molecular complexity index is 702. The molecule has 25 heavy (non-hydrogen) atoms. The van der Waals surface area contributed by atoms with Crippen molar-refractivity contribution in [3.8, 4) is 0 Å². The van der Waals surface area contributed by atoms with Crippen molar-refractivity contribution < 1.29 is 4.79 Å². The van der Waals surface area contributed by atoms with Crippen molar-refractivity contribution in [3.05, 3.63) is 70.8 Å². The summed E-state index contributed by atoms with van der Waals surface area (Å²) in [5, 5.41) is 3.15. The van der Waals surface area contributed by atoms with E-state index < -0.39 is 0 Å². The highest BCUT2D eigenvalue weighted by molar-refractivity contribution is 5.94. The van der Waals surface area contributed by atoms with Crippen LogP contribution in [0.15, 0.2) is 48.5 Å². The van der Waals surface area contributed by atoms with Gasteiger partial charge in [0.25, 0.3) is 5.91 Å². The van der Waals surface area contributed by atoms with Crippen LogP contribution in [0.2, 0.25) is 0 Å². The standard InChI is InChI=1S/C22H28N2O/c1-3-18-9-11-19(12-10-18)21(24-13-4-5-14-24)16-23-22(25)20-8-6-7-17(2)15-20/h6-12,15,21H,3-5,13-14,16H2,1-2H3,(H,23,25). The largest absolute Gasteiger partial charge is 0.350 e. The molecule has 2 aromatic carbocycles. The van der Waals surface area contributed by atoms with Crippen LogP contribution in [-0.2, 0) is 6.42 Å². The molecule has 1 aliphatic rings. The predicted octanol–water partition coefficient (Wildman–Crippen LogP) is 4.12. The molecule has 3 heteroatoms. The van der Waals surface area contributed by atoms with Crippen LogP contribution in [-0.4, -0.2) is 30.4 Å². The molecule has 1 aliphatic heterocycles. The Morgan fingerprint density at radius 3 is 2.48 bits per heavy atom. The second-order valence-corrected chi connectivity index (χ2v) is 6.93. The summed E-state index contributed by atoms with van der Waals surface area (Å²) < 4.78 is 0. The first-order valence-electron chi connectivity index (χ1n) is 9.35. The Kier molecular flexibility index (Phi) is 5.87. The van der Waals surface area contributed by atoms with Crippen LogP contribution in [0.3, 0.4) is 0 Å². The third kappa shape index (κ3) is 4.49.